The molecule has 0 aromatic carbocycles. The maximum Gasteiger partial charge on any atom is 0.0614 e. The van der Waals surface area contributed by atoms with Crippen LogP contribution in [0, 0.1) is 0 Å². The molecule has 54 valence electrons. The Morgan fingerprint density at radius 1 is 1.56 bits per heavy atom. The first-order valence-electron chi connectivity index (χ1n) is 3.57. The summed E-state index contributed by atoms with van der Waals surface area (Å²) < 4.78 is 0. The maximum absolute atomic E-state index is 8.46. The van der Waals surface area contributed by atoms with Gasteiger partial charge in [-0.2, -0.15) is 0 Å². The van der Waals surface area contributed by atoms with Crippen LogP contribution < -0.4 is 0 Å². The van der Waals surface area contributed by atoms with Crippen LogP contribution in [0.5, 0.6) is 0 Å². The van der Waals surface area contributed by atoms with Gasteiger partial charge in [-0.15, -0.1) is 0 Å². The highest BCUT2D eigenvalue weighted by Crippen LogP contribution is 2.04. The molecule has 1 N–H and O–H groups in total. The van der Waals surface area contributed by atoms with E-state index >= 15 is 0 Å². The van der Waals surface area contributed by atoms with Crippen molar-refractivity contribution in [3.05, 3.63) is 11.6 Å². The molecule has 0 heterocycles. The Hall–Kier alpha value is -0.300. The molecule has 0 fully saturated rings. The van der Waals surface area contributed by atoms with Crippen LogP contribution in [0.25, 0.3) is 0 Å². The summed E-state index contributed by atoms with van der Waals surface area (Å²) in [6, 6.07) is 0. The summed E-state index contributed by atoms with van der Waals surface area (Å²) in [5, 5.41) is 8.46. The van der Waals surface area contributed by atoms with Crippen LogP contribution in [0.2, 0.25) is 0 Å². The molecule has 0 unspecified atom stereocenters. The molecule has 0 atom stereocenters. The number of allylic oxidation sites excluding steroid dienone is 1. The predicted octanol–water partition coefficient (Wildman–Crippen LogP) is 2.12. The van der Waals surface area contributed by atoms with E-state index < -0.39 is 0 Å². The Kier molecular flexibility index (Phi) is 5.64. The number of aliphatic hydroxyl groups excluding tert-OH is 1. The zero-order chi connectivity index (χ0) is 7.11. The van der Waals surface area contributed by atoms with Crippen LogP contribution in [-0.4, -0.2) is 11.7 Å². The minimum atomic E-state index is 0.190. The number of hydrogen-bond acceptors (Lipinski definition) is 1. The Morgan fingerprint density at radius 2 is 2.22 bits per heavy atom. The lowest BCUT2D eigenvalue weighted by Gasteiger charge is -1.96. The molecular formula is C8H16O. The highest BCUT2D eigenvalue weighted by atomic mass is 16.2. The summed E-state index contributed by atoms with van der Waals surface area (Å²) >= 11 is 0. The van der Waals surface area contributed by atoms with Gasteiger partial charge in [0.1, 0.15) is 0 Å². The minimum absolute atomic E-state index is 0.190. The zero-order valence-electron chi connectivity index (χ0n) is 6.35. The van der Waals surface area contributed by atoms with Crippen LogP contribution in [-0.2, 0) is 0 Å². The summed E-state index contributed by atoms with van der Waals surface area (Å²) in [7, 11) is 0. The van der Waals surface area contributed by atoms with E-state index in [1.807, 2.05) is 6.08 Å². The van der Waals surface area contributed by atoms with Gasteiger partial charge in [-0.1, -0.05) is 25.0 Å². The van der Waals surface area contributed by atoms with Gasteiger partial charge in [0.05, 0.1) is 6.61 Å². The maximum atomic E-state index is 8.46. The highest BCUT2D eigenvalue weighted by molar-refractivity contribution is 4.97. The van der Waals surface area contributed by atoms with Crippen LogP contribution in [0.1, 0.15) is 33.1 Å². The molecule has 0 saturated carbocycles. The van der Waals surface area contributed by atoms with Crippen LogP contribution >= 0.6 is 0 Å². The second kappa shape index (κ2) is 5.83. The Bertz CT molecular complexity index is 84.6. The van der Waals surface area contributed by atoms with E-state index in [2.05, 4.69) is 13.8 Å². The lowest BCUT2D eigenvalue weighted by Crippen LogP contribution is -1.80. The van der Waals surface area contributed by atoms with E-state index in [1.54, 1.807) is 0 Å². The molecule has 0 amide bonds. The number of unbranched alkanes of at least 4 members (excludes halogenated alkanes) is 1. The fraction of sp³-hybridized carbons (Fsp3) is 0.750. The van der Waals surface area contributed by atoms with Crippen molar-refractivity contribution in [2.24, 2.45) is 0 Å². The SMILES string of the molecule is CCCCC(C)=CCO. The Morgan fingerprint density at radius 3 is 2.67 bits per heavy atom. The molecule has 0 aliphatic carbocycles. The fourth-order valence-electron chi connectivity index (χ4n) is 0.714. The van der Waals surface area contributed by atoms with Gasteiger partial charge >= 0.3 is 0 Å². The molecule has 0 aliphatic rings. The van der Waals surface area contributed by atoms with Gasteiger partial charge in [0, 0.05) is 0 Å². The largest absolute Gasteiger partial charge is 0.392 e. The summed E-state index contributed by atoms with van der Waals surface area (Å²) in [5.74, 6) is 0. The van der Waals surface area contributed by atoms with E-state index in [-0.39, 0.29) is 6.61 Å². The average Bonchev–Trinajstić information content (AvgIpc) is 1.85. The minimum Gasteiger partial charge on any atom is -0.392 e. The van der Waals surface area contributed by atoms with Gasteiger partial charge in [-0.3, -0.25) is 0 Å². The molecule has 0 aliphatic heterocycles. The molecule has 1 nitrogen and oxygen atoms in total. The van der Waals surface area contributed by atoms with Crippen molar-refractivity contribution in [3.63, 3.8) is 0 Å². The number of aliphatic hydroxyl groups is 1. The molecule has 9 heavy (non-hydrogen) atoms. The van der Waals surface area contributed by atoms with E-state index in [0.29, 0.717) is 0 Å². The number of rotatable bonds is 4. The summed E-state index contributed by atoms with van der Waals surface area (Å²) in [6.07, 6.45) is 5.48. The quantitative estimate of drug-likeness (QED) is 0.575. The van der Waals surface area contributed by atoms with Crippen molar-refractivity contribution in [1.82, 2.24) is 0 Å². The molecule has 1 heteroatoms. The van der Waals surface area contributed by atoms with E-state index in [1.165, 1.54) is 18.4 Å². The first kappa shape index (κ1) is 8.70. The molecule has 0 spiro atoms. The van der Waals surface area contributed by atoms with E-state index in [4.69, 9.17) is 5.11 Å². The third kappa shape index (κ3) is 5.57. The average molecular weight is 128 g/mol. The first-order chi connectivity index (χ1) is 4.31. The topological polar surface area (TPSA) is 20.2 Å². The highest BCUT2D eigenvalue weighted by Gasteiger charge is 1.85. The van der Waals surface area contributed by atoms with Crippen LogP contribution in [0.15, 0.2) is 11.6 Å². The lowest BCUT2D eigenvalue weighted by molar-refractivity contribution is 0.341. The van der Waals surface area contributed by atoms with Crippen molar-refractivity contribution >= 4 is 0 Å². The van der Waals surface area contributed by atoms with Gasteiger partial charge in [0.2, 0.25) is 0 Å². The van der Waals surface area contributed by atoms with E-state index in [9.17, 15) is 0 Å². The third-order valence-electron chi connectivity index (χ3n) is 1.36. The third-order valence-corrected chi connectivity index (χ3v) is 1.36. The normalized spacial score (nSPS) is 12.1. The molecule has 0 saturated heterocycles. The lowest BCUT2D eigenvalue weighted by atomic mass is 10.1. The second-order valence-electron chi connectivity index (χ2n) is 2.34. The standard InChI is InChI=1S/C8H16O/c1-3-4-5-8(2)6-7-9/h6,9H,3-5,7H2,1-2H3. The Balaban J connectivity index is 3.25. The molecule has 0 radical (unpaired) electrons. The molecule has 0 aromatic heterocycles. The first-order valence-corrected chi connectivity index (χ1v) is 3.57. The van der Waals surface area contributed by atoms with Crippen molar-refractivity contribution in [2.75, 3.05) is 6.61 Å². The van der Waals surface area contributed by atoms with Crippen molar-refractivity contribution in [2.45, 2.75) is 33.1 Å². The molecular weight excluding hydrogens is 112 g/mol. The van der Waals surface area contributed by atoms with Gasteiger partial charge in [0.25, 0.3) is 0 Å². The van der Waals surface area contributed by atoms with Gasteiger partial charge in [-0.05, 0) is 19.8 Å². The Labute approximate surface area is 57.4 Å². The van der Waals surface area contributed by atoms with Gasteiger partial charge < -0.3 is 5.11 Å². The van der Waals surface area contributed by atoms with Crippen LogP contribution in [0.3, 0.4) is 0 Å². The van der Waals surface area contributed by atoms with Crippen molar-refractivity contribution in [3.8, 4) is 0 Å². The predicted molar refractivity (Wildman–Crippen MR) is 40.4 cm³/mol. The molecule has 0 aromatic rings. The summed E-state index contributed by atoms with van der Waals surface area (Å²) in [6.45, 7) is 4.42. The van der Waals surface area contributed by atoms with Crippen LogP contribution in [0.4, 0.5) is 0 Å². The van der Waals surface area contributed by atoms with Crippen molar-refractivity contribution < 1.29 is 5.11 Å². The monoisotopic (exact) mass is 128 g/mol. The smallest absolute Gasteiger partial charge is 0.0614 e. The molecule has 0 rings (SSSR count). The van der Waals surface area contributed by atoms with Gasteiger partial charge in [0.15, 0.2) is 0 Å². The van der Waals surface area contributed by atoms with Gasteiger partial charge in [-0.25, -0.2) is 0 Å². The van der Waals surface area contributed by atoms with E-state index in [0.717, 1.165) is 6.42 Å². The second-order valence-corrected chi connectivity index (χ2v) is 2.34. The fourth-order valence-corrected chi connectivity index (χ4v) is 0.714. The summed E-state index contributed by atoms with van der Waals surface area (Å²) in [4.78, 5) is 0. The van der Waals surface area contributed by atoms with Crippen molar-refractivity contribution in [1.29, 1.82) is 0 Å². The number of hydrogen-bond donors (Lipinski definition) is 1. The summed E-state index contributed by atoms with van der Waals surface area (Å²) in [5.41, 5.74) is 1.30. The molecule has 0 bridgehead atoms. The zero-order valence-corrected chi connectivity index (χ0v) is 6.35.